The van der Waals surface area contributed by atoms with Gasteiger partial charge in [0.2, 0.25) is 0 Å². The van der Waals surface area contributed by atoms with Gasteiger partial charge in [0.25, 0.3) is 0 Å². The van der Waals surface area contributed by atoms with Crippen molar-refractivity contribution in [2.75, 3.05) is 26.4 Å². The van der Waals surface area contributed by atoms with Gasteiger partial charge in [-0.2, -0.15) is 0 Å². The zero-order chi connectivity index (χ0) is 27.1. The Morgan fingerprint density at radius 1 is 0.455 bits per heavy atom. The third-order valence-electron chi connectivity index (χ3n) is 3.00. The molecule has 0 aliphatic carbocycles. The molecule has 0 bridgehead atoms. The summed E-state index contributed by atoms with van der Waals surface area (Å²) in [6.07, 6.45) is 0. The van der Waals surface area contributed by atoms with Gasteiger partial charge in [-0.15, -0.1) is 0 Å². The average molecular weight is 675 g/mol. The van der Waals surface area contributed by atoms with Crippen LogP contribution in [0, 0.1) is 0 Å². The molecule has 0 rings (SSSR count). The number of aliphatic hydroxyl groups is 4. The Labute approximate surface area is 211 Å². The Kier molecular flexibility index (Phi) is 25.6. The maximum atomic E-state index is 9.85. The molecule has 4 N–H and O–H groups in total. The van der Waals surface area contributed by atoms with Gasteiger partial charge in [-0.1, -0.05) is 0 Å². The largest absolute Gasteiger partial charge is 4.00 e. The molecule has 0 heterocycles. The van der Waals surface area contributed by atoms with E-state index in [-0.39, 0.29) is 23.9 Å². The fourth-order valence-electron chi connectivity index (χ4n) is 0.365. The molecule has 4 atom stereocenters. The van der Waals surface area contributed by atoms with E-state index in [1.54, 1.807) is 0 Å². The zero-order valence-corrected chi connectivity index (χ0v) is 24.1. The van der Waals surface area contributed by atoms with E-state index in [0.717, 1.165) is 27.7 Å². The Balaban J connectivity index is -0.000000105. The topological polar surface area (TPSA) is 310 Å². The first-order valence-corrected chi connectivity index (χ1v) is 14.0. The van der Waals surface area contributed by atoms with Gasteiger partial charge in [0.1, 0.15) is 0 Å². The molecule has 0 fully saturated rings. The van der Waals surface area contributed by atoms with E-state index in [4.69, 9.17) is 20.4 Å². The molecule has 0 spiro atoms. The summed E-state index contributed by atoms with van der Waals surface area (Å²) in [6, 6.07) is 0. The fourth-order valence-corrected chi connectivity index (χ4v) is 1.10. The fraction of sp³-hybridized carbons (Fsp3) is 1.00. The first-order valence-electron chi connectivity index (χ1n) is 8.15. The van der Waals surface area contributed by atoms with E-state index in [2.05, 4.69) is 0 Å². The van der Waals surface area contributed by atoms with Crippen LogP contribution in [0.2, 0.25) is 0 Å². The Bertz CT molecular complexity index is 745. The van der Waals surface area contributed by atoms with Crippen molar-refractivity contribution in [2.24, 2.45) is 0 Å². The molecular formula is C12H28O16S4Sn. The standard InChI is InChI=1S/4C3H8O4S.Sn/c4*1-3(2-4)8(5,6)7;/h4*3-4H,2H2,1H3,(H,5,6,7);/q;;;;+4/p-4. The number of hydrogen-bond acceptors (Lipinski definition) is 16. The van der Waals surface area contributed by atoms with Crippen molar-refractivity contribution in [1.82, 2.24) is 0 Å². The molecule has 0 aliphatic heterocycles. The van der Waals surface area contributed by atoms with E-state index in [9.17, 15) is 51.9 Å². The van der Waals surface area contributed by atoms with Gasteiger partial charge in [-0.3, -0.25) is 0 Å². The van der Waals surface area contributed by atoms with E-state index in [0.29, 0.717) is 0 Å². The minimum atomic E-state index is -4.25. The minimum Gasteiger partial charge on any atom is -0.748 e. The zero-order valence-electron chi connectivity index (χ0n) is 18.0. The SMILES string of the molecule is CC(CO)S(=O)(=O)[O-].CC(CO)S(=O)(=O)[O-].CC(CO)S(=O)(=O)[O-].CC(CO)S(=O)(=O)[O-].[Sn+4]. The predicted molar refractivity (Wildman–Crippen MR) is 111 cm³/mol. The maximum Gasteiger partial charge on any atom is 4.00 e. The van der Waals surface area contributed by atoms with Crippen LogP contribution in [0.4, 0.5) is 0 Å². The van der Waals surface area contributed by atoms with E-state index in [1.165, 1.54) is 0 Å². The van der Waals surface area contributed by atoms with Crippen molar-refractivity contribution >= 4 is 64.4 Å². The van der Waals surface area contributed by atoms with Crippen LogP contribution in [0.15, 0.2) is 0 Å². The molecular weight excluding hydrogens is 647 g/mol. The molecule has 4 unspecified atom stereocenters. The molecule has 0 radical (unpaired) electrons. The smallest absolute Gasteiger partial charge is 0.748 e. The van der Waals surface area contributed by atoms with Crippen molar-refractivity contribution in [2.45, 2.75) is 48.7 Å². The summed E-state index contributed by atoms with van der Waals surface area (Å²) in [5, 5.41) is 27.7. The predicted octanol–water partition coefficient (Wildman–Crippen LogP) is -4.73. The van der Waals surface area contributed by atoms with Crippen molar-refractivity contribution in [3.05, 3.63) is 0 Å². The number of rotatable bonds is 8. The van der Waals surface area contributed by atoms with Crippen LogP contribution < -0.4 is 0 Å². The van der Waals surface area contributed by atoms with Crippen LogP contribution in [0.3, 0.4) is 0 Å². The molecule has 0 amide bonds. The van der Waals surface area contributed by atoms with Gasteiger partial charge in [0, 0.05) is 0 Å². The van der Waals surface area contributed by atoms with Crippen molar-refractivity contribution in [3.8, 4) is 0 Å². The Hall–Kier alpha value is 0.279. The van der Waals surface area contributed by atoms with Crippen molar-refractivity contribution in [3.63, 3.8) is 0 Å². The summed E-state index contributed by atoms with van der Waals surface area (Å²) in [6.45, 7) is 2.20. The first kappa shape index (κ1) is 43.4. The van der Waals surface area contributed by atoms with Gasteiger partial charge >= 0.3 is 23.9 Å². The maximum absolute atomic E-state index is 9.85. The summed E-state index contributed by atoms with van der Waals surface area (Å²) in [4.78, 5) is 0. The summed E-state index contributed by atoms with van der Waals surface area (Å²) < 4.78 is 118. The summed E-state index contributed by atoms with van der Waals surface area (Å²) in [5.41, 5.74) is 0. The van der Waals surface area contributed by atoms with Crippen LogP contribution >= 0.6 is 0 Å². The second-order valence-electron chi connectivity index (χ2n) is 5.94. The third-order valence-corrected chi connectivity index (χ3v) is 7.54. The van der Waals surface area contributed by atoms with Gasteiger partial charge in [0.15, 0.2) is 0 Å². The number of hydrogen-bond donors (Lipinski definition) is 4. The molecule has 0 aliphatic rings. The van der Waals surface area contributed by atoms with Crippen LogP contribution in [-0.2, 0) is 40.5 Å². The van der Waals surface area contributed by atoms with Crippen LogP contribution in [0.1, 0.15) is 27.7 Å². The van der Waals surface area contributed by atoms with Gasteiger partial charge in [0.05, 0.1) is 87.9 Å². The molecule has 0 aromatic heterocycles. The normalized spacial score (nSPS) is 15.4. The monoisotopic (exact) mass is 676 g/mol. The number of aliphatic hydroxyl groups excluding tert-OH is 4. The van der Waals surface area contributed by atoms with Crippen molar-refractivity contribution < 1.29 is 72.3 Å². The molecule has 0 saturated heterocycles. The summed E-state index contributed by atoms with van der Waals surface area (Å²) in [7, 11) is -17.0. The van der Waals surface area contributed by atoms with E-state index >= 15 is 0 Å². The van der Waals surface area contributed by atoms with Gasteiger partial charge < -0.3 is 38.6 Å². The average Bonchev–Trinajstić information content (AvgIpc) is 2.63. The molecule has 0 saturated carbocycles. The molecule has 0 aromatic carbocycles. The first-order chi connectivity index (χ1) is 13.9. The molecule has 21 heteroatoms. The minimum absolute atomic E-state index is 0. The molecule has 0 aromatic rings. The quantitative estimate of drug-likeness (QED) is 0.139. The van der Waals surface area contributed by atoms with Gasteiger partial charge in [-0.05, 0) is 27.7 Å². The molecule has 200 valence electrons. The Morgan fingerprint density at radius 3 is 0.545 bits per heavy atom. The molecule has 16 nitrogen and oxygen atoms in total. The van der Waals surface area contributed by atoms with Crippen molar-refractivity contribution in [1.29, 1.82) is 0 Å². The van der Waals surface area contributed by atoms with Crippen LogP contribution in [0.5, 0.6) is 0 Å². The molecule has 33 heavy (non-hydrogen) atoms. The third kappa shape index (κ3) is 28.4. The second-order valence-corrected chi connectivity index (χ2v) is 13.1. The Morgan fingerprint density at radius 2 is 0.545 bits per heavy atom. The van der Waals surface area contributed by atoms with E-state index < -0.39 is 87.9 Å². The second kappa shape index (κ2) is 19.5. The summed E-state index contributed by atoms with van der Waals surface area (Å²) >= 11 is 0. The van der Waals surface area contributed by atoms with Crippen LogP contribution in [0.25, 0.3) is 0 Å². The van der Waals surface area contributed by atoms with E-state index in [1.807, 2.05) is 0 Å². The summed E-state index contributed by atoms with van der Waals surface area (Å²) in [5.74, 6) is 0. The van der Waals surface area contributed by atoms with Crippen LogP contribution in [-0.4, -0.2) is 144 Å². The van der Waals surface area contributed by atoms with Gasteiger partial charge in [-0.25, -0.2) is 33.7 Å².